The minimum absolute atomic E-state index is 0.139. The van der Waals surface area contributed by atoms with Crippen molar-refractivity contribution in [3.05, 3.63) is 53.5 Å². The number of hydrogen-bond acceptors (Lipinski definition) is 6. The van der Waals surface area contributed by atoms with Gasteiger partial charge in [0.1, 0.15) is 5.01 Å². The molecular formula is C23H26N4O3S2. The van der Waals surface area contributed by atoms with Gasteiger partial charge in [-0.25, -0.2) is 13.4 Å². The van der Waals surface area contributed by atoms with Gasteiger partial charge in [-0.2, -0.15) is 4.31 Å². The minimum Gasteiger partial charge on any atom is -0.325 e. The van der Waals surface area contributed by atoms with E-state index >= 15 is 0 Å². The number of nitrogens with zero attached hydrogens (tertiary/aromatic N) is 3. The van der Waals surface area contributed by atoms with E-state index in [-0.39, 0.29) is 23.4 Å². The lowest BCUT2D eigenvalue weighted by atomic mass is 10.2. The number of aromatic nitrogens is 1. The highest BCUT2D eigenvalue weighted by Crippen LogP contribution is 2.36. The standard InChI is InChI=1S/C23H26N4O3S2/c28-22(24-17-7-5-8-18(15-17)32(29,30)27-13-3-4-14-27)16-26-12-6-10-20(26)23-25-19-9-1-2-11-21(19)31-23/h1-2,5,7-9,11,15,20H,3-4,6,10,12-14,16H2,(H,24,28)/t20-/m1/s1. The summed E-state index contributed by atoms with van der Waals surface area (Å²) in [5.74, 6) is -0.145. The van der Waals surface area contributed by atoms with Gasteiger partial charge in [-0.3, -0.25) is 9.69 Å². The van der Waals surface area contributed by atoms with Crippen LogP contribution in [-0.2, 0) is 14.8 Å². The van der Waals surface area contributed by atoms with Crippen LogP contribution in [0.1, 0.15) is 36.7 Å². The maximum atomic E-state index is 12.8. The molecule has 7 nitrogen and oxygen atoms in total. The molecule has 2 saturated heterocycles. The molecule has 0 unspecified atom stereocenters. The predicted octanol–water partition coefficient (Wildman–Crippen LogP) is 3.86. The van der Waals surface area contributed by atoms with E-state index in [0.717, 1.165) is 47.5 Å². The molecule has 0 aliphatic carbocycles. The normalized spacial score (nSPS) is 20.2. The van der Waals surface area contributed by atoms with Crippen LogP contribution in [0.3, 0.4) is 0 Å². The third-order valence-corrected chi connectivity index (χ3v) is 9.16. The van der Waals surface area contributed by atoms with Gasteiger partial charge < -0.3 is 5.32 Å². The van der Waals surface area contributed by atoms with Crippen LogP contribution < -0.4 is 5.32 Å². The first-order chi connectivity index (χ1) is 15.5. The van der Waals surface area contributed by atoms with Crippen LogP contribution in [0.4, 0.5) is 5.69 Å². The molecule has 0 spiro atoms. The average molecular weight is 471 g/mol. The van der Waals surface area contributed by atoms with Crippen LogP contribution in [0.25, 0.3) is 10.2 Å². The number of rotatable bonds is 6. The number of amides is 1. The highest BCUT2D eigenvalue weighted by molar-refractivity contribution is 7.89. The Bertz CT molecular complexity index is 1200. The van der Waals surface area contributed by atoms with Crippen molar-refractivity contribution in [3.8, 4) is 0 Å². The predicted molar refractivity (Wildman–Crippen MR) is 126 cm³/mol. The highest BCUT2D eigenvalue weighted by Gasteiger charge is 2.30. The van der Waals surface area contributed by atoms with Crippen LogP contribution in [0, 0.1) is 0 Å². The lowest BCUT2D eigenvalue weighted by Gasteiger charge is -2.22. The van der Waals surface area contributed by atoms with E-state index in [0.29, 0.717) is 18.8 Å². The van der Waals surface area contributed by atoms with Crippen LogP contribution in [0.2, 0.25) is 0 Å². The van der Waals surface area contributed by atoms with Gasteiger partial charge in [-0.1, -0.05) is 18.2 Å². The molecule has 1 atom stereocenters. The number of nitrogens with one attached hydrogen (secondary N) is 1. The van der Waals surface area contributed by atoms with Crippen molar-refractivity contribution in [3.63, 3.8) is 0 Å². The highest BCUT2D eigenvalue weighted by atomic mass is 32.2. The first-order valence-electron chi connectivity index (χ1n) is 11.0. The van der Waals surface area contributed by atoms with Gasteiger partial charge in [-0.15, -0.1) is 11.3 Å². The fourth-order valence-corrected chi connectivity index (χ4v) is 7.23. The molecule has 2 aliphatic rings. The molecule has 0 bridgehead atoms. The summed E-state index contributed by atoms with van der Waals surface area (Å²) in [5.41, 5.74) is 1.51. The van der Waals surface area contributed by atoms with Gasteiger partial charge in [0.25, 0.3) is 0 Å². The number of sulfonamides is 1. The first-order valence-corrected chi connectivity index (χ1v) is 13.3. The third-order valence-electron chi connectivity index (χ3n) is 6.13. The lowest BCUT2D eigenvalue weighted by molar-refractivity contribution is -0.117. The zero-order valence-electron chi connectivity index (χ0n) is 17.7. The number of likely N-dealkylation sites (tertiary alicyclic amines) is 1. The van der Waals surface area contributed by atoms with Crippen molar-refractivity contribution in [2.45, 2.75) is 36.6 Å². The molecule has 1 amide bonds. The number of anilines is 1. The molecule has 168 valence electrons. The van der Waals surface area contributed by atoms with Gasteiger partial charge in [0.15, 0.2) is 0 Å². The fraction of sp³-hybridized carbons (Fsp3) is 0.391. The largest absolute Gasteiger partial charge is 0.325 e. The van der Waals surface area contributed by atoms with Gasteiger partial charge in [0.05, 0.1) is 27.7 Å². The molecule has 1 N–H and O–H groups in total. The monoisotopic (exact) mass is 470 g/mol. The maximum Gasteiger partial charge on any atom is 0.243 e. The second kappa shape index (κ2) is 8.90. The molecule has 2 fully saturated rings. The number of benzene rings is 2. The lowest BCUT2D eigenvalue weighted by Crippen LogP contribution is -2.33. The van der Waals surface area contributed by atoms with Crippen molar-refractivity contribution in [1.82, 2.24) is 14.2 Å². The summed E-state index contributed by atoms with van der Waals surface area (Å²) in [5, 5.41) is 3.94. The molecule has 1 aromatic heterocycles. The van der Waals surface area contributed by atoms with Gasteiger partial charge >= 0.3 is 0 Å². The molecule has 2 aliphatic heterocycles. The zero-order valence-corrected chi connectivity index (χ0v) is 19.4. The van der Waals surface area contributed by atoms with E-state index in [4.69, 9.17) is 4.98 Å². The summed E-state index contributed by atoms with van der Waals surface area (Å²) >= 11 is 1.69. The fourth-order valence-electron chi connectivity index (χ4n) is 4.52. The average Bonchev–Trinajstić information content (AvgIpc) is 3.54. The van der Waals surface area contributed by atoms with Gasteiger partial charge in [0, 0.05) is 18.8 Å². The summed E-state index contributed by atoms with van der Waals surface area (Å²) in [6.07, 6.45) is 3.79. The quantitative estimate of drug-likeness (QED) is 0.592. The summed E-state index contributed by atoms with van der Waals surface area (Å²) in [6, 6.07) is 14.8. The van der Waals surface area contributed by atoms with Crippen LogP contribution in [0.15, 0.2) is 53.4 Å². The Morgan fingerprint density at radius 2 is 1.88 bits per heavy atom. The van der Waals surface area contributed by atoms with Crippen molar-refractivity contribution in [1.29, 1.82) is 0 Å². The Morgan fingerprint density at radius 1 is 1.06 bits per heavy atom. The third kappa shape index (κ3) is 4.30. The van der Waals surface area contributed by atoms with E-state index < -0.39 is 10.0 Å². The molecule has 5 rings (SSSR count). The molecule has 0 radical (unpaired) electrons. The second-order valence-corrected chi connectivity index (χ2v) is 11.3. The summed E-state index contributed by atoms with van der Waals surface area (Å²) < 4.78 is 28.3. The van der Waals surface area contributed by atoms with Crippen LogP contribution >= 0.6 is 11.3 Å². The molecule has 2 aromatic carbocycles. The van der Waals surface area contributed by atoms with Crippen molar-refractivity contribution < 1.29 is 13.2 Å². The molecular weight excluding hydrogens is 444 g/mol. The summed E-state index contributed by atoms with van der Waals surface area (Å²) in [7, 11) is -3.51. The number of carbonyl (C=O) groups is 1. The zero-order chi connectivity index (χ0) is 22.1. The van der Waals surface area contributed by atoms with Crippen LogP contribution in [0.5, 0.6) is 0 Å². The van der Waals surface area contributed by atoms with E-state index in [1.807, 2.05) is 18.2 Å². The molecule has 9 heteroatoms. The Hall–Kier alpha value is -2.33. The molecule has 0 saturated carbocycles. The number of fused-ring (bicyclic) bond motifs is 1. The van der Waals surface area contributed by atoms with Gasteiger partial charge in [-0.05, 0) is 62.6 Å². The van der Waals surface area contributed by atoms with E-state index in [1.54, 1.807) is 35.6 Å². The minimum atomic E-state index is -3.51. The van der Waals surface area contributed by atoms with E-state index in [9.17, 15) is 13.2 Å². The second-order valence-electron chi connectivity index (χ2n) is 8.34. The van der Waals surface area contributed by atoms with E-state index in [2.05, 4.69) is 16.3 Å². The van der Waals surface area contributed by atoms with Crippen molar-refractivity contribution in [2.24, 2.45) is 0 Å². The van der Waals surface area contributed by atoms with Crippen molar-refractivity contribution >= 4 is 43.2 Å². The molecule has 32 heavy (non-hydrogen) atoms. The SMILES string of the molecule is O=C(CN1CCC[C@@H]1c1nc2ccccc2s1)Nc1cccc(S(=O)(=O)N2CCCC2)c1. The maximum absolute atomic E-state index is 12.8. The number of thiazole rings is 1. The van der Waals surface area contributed by atoms with Gasteiger partial charge in [0.2, 0.25) is 15.9 Å². The molecule has 3 heterocycles. The Balaban J connectivity index is 1.27. The van der Waals surface area contributed by atoms with Crippen molar-refractivity contribution in [2.75, 3.05) is 31.5 Å². The number of carbonyl (C=O) groups excluding carboxylic acids is 1. The van der Waals surface area contributed by atoms with E-state index in [1.165, 1.54) is 4.31 Å². The topological polar surface area (TPSA) is 82.6 Å². The summed E-state index contributed by atoms with van der Waals surface area (Å²) in [6.45, 7) is 2.21. The summed E-state index contributed by atoms with van der Waals surface area (Å²) in [4.78, 5) is 20.0. The number of para-hydroxylation sites is 1. The Morgan fingerprint density at radius 3 is 2.69 bits per heavy atom. The van der Waals surface area contributed by atoms with Crippen LogP contribution in [-0.4, -0.2) is 54.7 Å². The first kappa shape index (κ1) is 21.5. The smallest absolute Gasteiger partial charge is 0.243 e. The number of hydrogen-bond donors (Lipinski definition) is 1. The molecule has 3 aromatic rings. The Labute approximate surface area is 192 Å². The Kier molecular flexibility index (Phi) is 5.98.